The number of carbonyl (C=O) groups is 1. The first-order chi connectivity index (χ1) is 10.4. The van der Waals surface area contributed by atoms with Crippen molar-refractivity contribution >= 4 is 5.97 Å². The summed E-state index contributed by atoms with van der Waals surface area (Å²) in [6, 6.07) is 8.28. The molecule has 0 aliphatic carbocycles. The van der Waals surface area contributed by atoms with E-state index in [0.29, 0.717) is 6.54 Å². The smallest absolute Gasteiger partial charge is 0.323 e. The van der Waals surface area contributed by atoms with E-state index in [4.69, 9.17) is 4.74 Å². The number of ether oxygens (including phenoxy) is 1. The van der Waals surface area contributed by atoms with Crippen molar-refractivity contribution in [3.63, 3.8) is 0 Å². The molecule has 0 saturated carbocycles. The Morgan fingerprint density at radius 3 is 1.96 bits per heavy atom. The normalized spacial score (nSPS) is 14.0. The Kier molecular flexibility index (Phi) is 6.41. The van der Waals surface area contributed by atoms with Crippen LogP contribution in [0.15, 0.2) is 24.3 Å². The molecule has 130 valence electrons. The molecule has 1 aromatic carbocycles. The fourth-order valence-corrected chi connectivity index (χ4v) is 2.31. The van der Waals surface area contributed by atoms with E-state index in [1.54, 1.807) is 0 Å². The van der Waals surface area contributed by atoms with Crippen LogP contribution in [-0.2, 0) is 21.5 Å². The lowest BCUT2D eigenvalue weighted by molar-refractivity contribution is -0.158. The maximum Gasteiger partial charge on any atom is 0.323 e. The number of hydrogen-bond acceptors (Lipinski definition) is 3. The SMILES string of the molecule is CC(C)C(NCc1ccc(C(C)(C)C)cc1)C(=O)OC(C)(C)C. The molecule has 1 atom stereocenters. The van der Waals surface area contributed by atoms with Crippen molar-refractivity contribution in [3.05, 3.63) is 35.4 Å². The first-order valence-corrected chi connectivity index (χ1v) is 8.46. The minimum atomic E-state index is -0.458. The summed E-state index contributed by atoms with van der Waals surface area (Å²) in [5.74, 6) is -0.00231. The maximum atomic E-state index is 12.3. The standard InChI is InChI=1S/C20H33NO2/c1-14(2)17(18(22)23-20(6,7)8)21-13-15-9-11-16(12-10-15)19(3,4)5/h9-12,14,17,21H,13H2,1-8H3. The first-order valence-electron chi connectivity index (χ1n) is 8.46. The summed E-state index contributed by atoms with van der Waals surface area (Å²) in [6.07, 6.45) is 0. The van der Waals surface area contributed by atoms with Gasteiger partial charge in [0.15, 0.2) is 0 Å². The maximum absolute atomic E-state index is 12.3. The quantitative estimate of drug-likeness (QED) is 0.815. The molecule has 0 bridgehead atoms. The van der Waals surface area contributed by atoms with E-state index in [-0.39, 0.29) is 23.3 Å². The van der Waals surface area contributed by atoms with Crippen LogP contribution in [0.2, 0.25) is 0 Å². The molecule has 0 saturated heterocycles. The molecule has 3 nitrogen and oxygen atoms in total. The summed E-state index contributed by atoms with van der Waals surface area (Å²) in [7, 11) is 0. The van der Waals surface area contributed by atoms with Gasteiger partial charge in [0, 0.05) is 6.54 Å². The topological polar surface area (TPSA) is 38.3 Å². The molecule has 3 heteroatoms. The number of hydrogen-bond donors (Lipinski definition) is 1. The number of carbonyl (C=O) groups excluding carboxylic acids is 1. The van der Waals surface area contributed by atoms with Gasteiger partial charge in [-0.3, -0.25) is 4.79 Å². The van der Waals surface area contributed by atoms with Crippen molar-refractivity contribution in [2.75, 3.05) is 0 Å². The fraction of sp³-hybridized carbons (Fsp3) is 0.650. The Morgan fingerprint density at radius 2 is 1.57 bits per heavy atom. The second-order valence-electron chi connectivity index (χ2n) is 8.58. The zero-order chi connectivity index (χ0) is 17.8. The van der Waals surface area contributed by atoms with E-state index in [0.717, 1.165) is 0 Å². The summed E-state index contributed by atoms with van der Waals surface area (Å²) in [6.45, 7) is 17.0. The van der Waals surface area contributed by atoms with Crippen LogP contribution in [-0.4, -0.2) is 17.6 Å². The van der Waals surface area contributed by atoms with E-state index in [1.165, 1.54) is 11.1 Å². The second-order valence-corrected chi connectivity index (χ2v) is 8.58. The van der Waals surface area contributed by atoms with Gasteiger partial charge in [0.2, 0.25) is 0 Å². The predicted molar refractivity (Wildman–Crippen MR) is 96.5 cm³/mol. The fourth-order valence-electron chi connectivity index (χ4n) is 2.31. The van der Waals surface area contributed by atoms with Crippen molar-refractivity contribution in [1.82, 2.24) is 5.32 Å². The van der Waals surface area contributed by atoms with Crippen LogP contribution in [0.25, 0.3) is 0 Å². The highest BCUT2D eigenvalue weighted by atomic mass is 16.6. The molecule has 1 N–H and O–H groups in total. The highest BCUT2D eigenvalue weighted by Gasteiger charge is 2.27. The first kappa shape index (κ1) is 19.7. The van der Waals surface area contributed by atoms with Gasteiger partial charge in [-0.25, -0.2) is 0 Å². The van der Waals surface area contributed by atoms with Gasteiger partial charge < -0.3 is 10.1 Å². The van der Waals surface area contributed by atoms with E-state index in [2.05, 4.69) is 50.4 Å². The number of rotatable bonds is 5. The van der Waals surface area contributed by atoms with Crippen molar-refractivity contribution in [1.29, 1.82) is 0 Å². The van der Waals surface area contributed by atoms with Crippen LogP contribution in [0.4, 0.5) is 0 Å². The van der Waals surface area contributed by atoms with Gasteiger partial charge in [0.25, 0.3) is 0 Å². The zero-order valence-electron chi connectivity index (χ0n) is 16.0. The summed E-state index contributed by atoms with van der Waals surface area (Å²) in [5.41, 5.74) is 2.18. The van der Waals surface area contributed by atoms with Gasteiger partial charge in [0.1, 0.15) is 11.6 Å². The average molecular weight is 319 g/mol. The molecule has 0 aromatic heterocycles. The Morgan fingerprint density at radius 1 is 1.04 bits per heavy atom. The lowest BCUT2D eigenvalue weighted by Crippen LogP contribution is -2.44. The molecule has 0 radical (unpaired) electrons. The summed E-state index contributed by atoms with van der Waals surface area (Å²) >= 11 is 0. The molecule has 0 fully saturated rings. The zero-order valence-corrected chi connectivity index (χ0v) is 16.0. The van der Waals surface area contributed by atoms with Crippen molar-refractivity contribution in [3.8, 4) is 0 Å². The van der Waals surface area contributed by atoms with Crippen LogP contribution in [0, 0.1) is 5.92 Å². The minimum absolute atomic E-state index is 0.156. The highest BCUT2D eigenvalue weighted by Crippen LogP contribution is 2.22. The summed E-state index contributed by atoms with van der Waals surface area (Å²) in [4.78, 5) is 12.3. The molecule has 1 unspecified atom stereocenters. The van der Waals surface area contributed by atoms with Crippen molar-refractivity contribution in [2.24, 2.45) is 5.92 Å². The van der Waals surface area contributed by atoms with Crippen LogP contribution < -0.4 is 5.32 Å². The molecule has 23 heavy (non-hydrogen) atoms. The Bertz CT molecular complexity index is 504. The average Bonchev–Trinajstić information content (AvgIpc) is 2.35. The summed E-state index contributed by atoms with van der Waals surface area (Å²) < 4.78 is 5.51. The van der Waals surface area contributed by atoms with Crippen LogP contribution in [0.1, 0.15) is 66.5 Å². The Labute approximate surface area is 141 Å². The molecule has 0 amide bonds. The van der Waals surface area contributed by atoms with Crippen LogP contribution in [0.5, 0.6) is 0 Å². The van der Waals surface area contributed by atoms with Gasteiger partial charge in [-0.05, 0) is 43.2 Å². The molecule has 0 aliphatic rings. The van der Waals surface area contributed by atoms with Gasteiger partial charge >= 0.3 is 5.97 Å². The molecular weight excluding hydrogens is 286 g/mol. The van der Waals surface area contributed by atoms with Crippen LogP contribution in [0.3, 0.4) is 0 Å². The number of esters is 1. The lowest BCUT2D eigenvalue weighted by atomic mass is 9.87. The molecule has 1 rings (SSSR count). The van der Waals surface area contributed by atoms with Gasteiger partial charge in [-0.2, -0.15) is 0 Å². The second kappa shape index (κ2) is 7.48. The largest absolute Gasteiger partial charge is 0.459 e. The third-order valence-corrected chi connectivity index (χ3v) is 3.67. The van der Waals surface area contributed by atoms with Crippen molar-refractivity contribution < 1.29 is 9.53 Å². The molecule has 0 heterocycles. The van der Waals surface area contributed by atoms with E-state index in [1.807, 2.05) is 34.6 Å². The van der Waals surface area contributed by atoms with E-state index >= 15 is 0 Å². The van der Waals surface area contributed by atoms with E-state index < -0.39 is 5.60 Å². The molecule has 1 aromatic rings. The van der Waals surface area contributed by atoms with Gasteiger partial charge in [0.05, 0.1) is 0 Å². The predicted octanol–water partition coefficient (Wildman–Crippen LogP) is 4.44. The lowest BCUT2D eigenvalue weighted by Gasteiger charge is -2.26. The third kappa shape index (κ3) is 6.74. The van der Waals surface area contributed by atoms with Crippen LogP contribution >= 0.6 is 0 Å². The monoisotopic (exact) mass is 319 g/mol. The minimum Gasteiger partial charge on any atom is -0.459 e. The number of benzene rings is 1. The summed E-state index contributed by atoms with van der Waals surface area (Å²) in [5, 5.41) is 3.34. The van der Waals surface area contributed by atoms with Gasteiger partial charge in [-0.1, -0.05) is 58.9 Å². The molecular formula is C20H33NO2. The highest BCUT2D eigenvalue weighted by molar-refractivity contribution is 5.76. The molecule has 0 aliphatic heterocycles. The van der Waals surface area contributed by atoms with Gasteiger partial charge in [-0.15, -0.1) is 0 Å². The number of nitrogens with one attached hydrogen (secondary N) is 1. The molecule has 0 spiro atoms. The third-order valence-electron chi connectivity index (χ3n) is 3.67. The Balaban J connectivity index is 2.71. The Hall–Kier alpha value is -1.35. The van der Waals surface area contributed by atoms with E-state index in [9.17, 15) is 4.79 Å². The van der Waals surface area contributed by atoms with Crippen molar-refractivity contribution in [2.45, 2.75) is 79.0 Å².